The Balaban J connectivity index is 1.40. The Hall–Kier alpha value is -3.55. The molecule has 0 saturated carbocycles. The second-order valence-electron chi connectivity index (χ2n) is 6.39. The Morgan fingerprint density at radius 1 is 0.929 bits per heavy atom. The molecule has 28 heavy (non-hydrogen) atoms. The second kappa shape index (κ2) is 7.99. The molecule has 1 N–H and O–H groups in total. The van der Waals surface area contributed by atoms with Crippen LogP contribution in [0.1, 0.15) is 10.4 Å². The summed E-state index contributed by atoms with van der Waals surface area (Å²) in [5.74, 6) is 1.59. The summed E-state index contributed by atoms with van der Waals surface area (Å²) in [6.45, 7) is 2.37. The molecule has 0 atom stereocenters. The topological polar surface area (TPSA) is 74.2 Å². The van der Waals surface area contributed by atoms with Gasteiger partial charge in [-0.2, -0.15) is 0 Å². The number of carbonyl (C=O) groups is 1. The van der Waals surface area contributed by atoms with Crippen LogP contribution in [0.4, 0.5) is 21.8 Å². The first-order valence-corrected chi connectivity index (χ1v) is 8.99. The van der Waals surface area contributed by atoms with Gasteiger partial charge in [-0.1, -0.05) is 12.1 Å². The number of pyridine rings is 1. The molecule has 2 aromatic heterocycles. The van der Waals surface area contributed by atoms with E-state index in [0.717, 1.165) is 5.82 Å². The molecular formula is C20H19FN6O. The summed E-state index contributed by atoms with van der Waals surface area (Å²) in [6, 6.07) is 13.3. The molecule has 0 radical (unpaired) electrons. The Bertz CT molecular complexity index is 960. The average molecular weight is 378 g/mol. The molecule has 1 aromatic carbocycles. The first-order chi connectivity index (χ1) is 13.7. The SMILES string of the molecule is O=C(c1cccc(F)c1)N1CCN(c2cc(Nc3ccccn3)ncn2)CC1. The van der Waals surface area contributed by atoms with Crippen LogP contribution in [0.5, 0.6) is 0 Å². The summed E-state index contributed by atoms with van der Waals surface area (Å²) in [6.07, 6.45) is 3.21. The van der Waals surface area contributed by atoms with E-state index in [1.165, 1.54) is 18.5 Å². The van der Waals surface area contributed by atoms with Crippen LogP contribution in [-0.4, -0.2) is 51.9 Å². The number of nitrogens with zero attached hydrogens (tertiary/aromatic N) is 5. The Morgan fingerprint density at radius 2 is 1.79 bits per heavy atom. The average Bonchev–Trinajstić information content (AvgIpc) is 2.74. The molecule has 1 aliphatic heterocycles. The lowest BCUT2D eigenvalue weighted by Gasteiger charge is -2.35. The van der Waals surface area contributed by atoms with Crippen LogP contribution in [0.25, 0.3) is 0 Å². The highest BCUT2D eigenvalue weighted by Crippen LogP contribution is 2.19. The molecule has 8 heteroatoms. The van der Waals surface area contributed by atoms with Crippen LogP contribution in [0, 0.1) is 5.82 Å². The van der Waals surface area contributed by atoms with Gasteiger partial charge >= 0.3 is 0 Å². The molecule has 1 amide bonds. The molecule has 0 bridgehead atoms. The maximum Gasteiger partial charge on any atom is 0.254 e. The van der Waals surface area contributed by atoms with Crippen LogP contribution in [-0.2, 0) is 0 Å². The van der Waals surface area contributed by atoms with Crippen LogP contribution in [0.15, 0.2) is 61.1 Å². The highest BCUT2D eigenvalue weighted by atomic mass is 19.1. The van der Waals surface area contributed by atoms with Crippen LogP contribution in [0.2, 0.25) is 0 Å². The van der Waals surface area contributed by atoms with Crippen molar-refractivity contribution in [2.24, 2.45) is 0 Å². The number of hydrogen-bond acceptors (Lipinski definition) is 6. The summed E-state index contributed by atoms with van der Waals surface area (Å²) in [7, 11) is 0. The molecule has 142 valence electrons. The standard InChI is InChI=1S/C20H19FN6O/c21-16-5-3-4-15(12-16)20(28)27-10-8-26(9-11-27)19-13-18(23-14-24-19)25-17-6-1-2-7-22-17/h1-7,12-14H,8-11H2,(H,22,23,24,25). The fourth-order valence-corrected chi connectivity index (χ4v) is 3.10. The third-order valence-electron chi connectivity index (χ3n) is 4.54. The number of benzene rings is 1. The van der Waals surface area contributed by atoms with Crippen molar-refractivity contribution < 1.29 is 9.18 Å². The van der Waals surface area contributed by atoms with E-state index in [0.29, 0.717) is 43.4 Å². The van der Waals surface area contributed by atoms with Gasteiger partial charge in [0.15, 0.2) is 0 Å². The molecule has 3 heterocycles. The van der Waals surface area contributed by atoms with Crippen LogP contribution >= 0.6 is 0 Å². The van der Waals surface area contributed by atoms with Crippen LogP contribution in [0.3, 0.4) is 0 Å². The zero-order valence-corrected chi connectivity index (χ0v) is 15.1. The van der Waals surface area contributed by atoms with E-state index in [9.17, 15) is 9.18 Å². The molecule has 1 fully saturated rings. The number of piperazine rings is 1. The summed E-state index contributed by atoms with van der Waals surface area (Å²) in [5.41, 5.74) is 0.373. The number of halogens is 1. The van der Waals surface area contributed by atoms with Gasteiger partial charge in [0, 0.05) is 44.0 Å². The number of aromatic nitrogens is 3. The predicted octanol–water partition coefficient (Wildman–Crippen LogP) is 2.72. The highest BCUT2D eigenvalue weighted by molar-refractivity contribution is 5.94. The largest absolute Gasteiger partial charge is 0.353 e. The van der Waals surface area contributed by atoms with E-state index in [1.54, 1.807) is 23.2 Å². The minimum Gasteiger partial charge on any atom is -0.353 e. The monoisotopic (exact) mass is 378 g/mol. The number of amides is 1. The maximum absolute atomic E-state index is 13.4. The van der Waals surface area contributed by atoms with Crippen molar-refractivity contribution in [2.75, 3.05) is 36.4 Å². The van der Waals surface area contributed by atoms with Gasteiger partial charge in [0.2, 0.25) is 0 Å². The van der Waals surface area contributed by atoms with Gasteiger partial charge in [-0.15, -0.1) is 0 Å². The quantitative estimate of drug-likeness (QED) is 0.753. The lowest BCUT2D eigenvalue weighted by molar-refractivity contribution is 0.0746. The van der Waals surface area contributed by atoms with Crippen LogP contribution < -0.4 is 10.2 Å². The van der Waals surface area contributed by atoms with Crippen molar-refractivity contribution in [3.8, 4) is 0 Å². The summed E-state index contributed by atoms with van der Waals surface area (Å²) in [5, 5.41) is 3.15. The highest BCUT2D eigenvalue weighted by Gasteiger charge is 2.23. The number of hydrogen-bond donors (Lipinski definition) is 1. The third kappa shape index (κ3) is 4.06. The van der Waals surface area contributed by atoms with E-state index >= 15 is 0 Å². The summed E-state index contributed by atoms with van der Waals surface area (Å²) < 4.78 is 13.4. The maximum atomic E-state index is 13.4. The zero-order valence-electron chi connectivity index (χ0n) is 15.1. The van der Waals surface area contributed by atoms with Crippen molar-refractivity contribution in [2.45, 2.75) is 0 Å². The molecule has 0 aliphatic carbocycles. The minimum atomic E-state index is -0.404. The van der Waals surface area contributed by atoms with Gasteiger partial charge in [0.25, 0.3) is 5.91 Å². The number of nitrogens with one attached hydrogen (secondary N) is 1. The third-order valence-corrected chi connectivity index (χ3v) is 4.54. The molecule has 0 unspecified atom stereocenters. The van der Waals surface area contributed by atoms with E-state index in [1.807, 2.05) is 24.3 Å². The zero-order chi connectivity index (χ0) is 19.3. The molecule has 3 aromatic rings. The van der Waals surface area contributed by atoms with Gasteiger partial charge in [-0.3, -0.25) is 4.79 Å². The smallest absolute Gasteiger partial charge is 0.254 e. The lowest BCUT2D eigenvalue weighted by Crippen LogP contribution is -2.49. The fraction of sp³-hybridized carbons (Fsp3) is 0.200. The molecular weight excluding hydrogens is 359 g/mol. The number of rotatable bonds is 4. The number of anilines is 3. The van der Waals surface area contributed by atoms with E-state index in [-0.39, 0.29) is 5.91 Å². The van der Waals surface area contributed by atoms with Crippen molar-refractivity contribution in [3.05, 3.63) is 72.4 Å². The van der Waals surface area contributed by atoms with Crippen molar-refractivity contribution in [3.63, 3.8) is 0 Å². The first-order valence-electron chi connectivity index (χ1n) is 8.99. The predicted molar refractivity (Wildman–Crippen MR) is 104 cm³/mol. The normalized spacial score (nSPS) is 14.0. The van der Waals surface area contributed by atoms with Gasteiger partial charge < -0.3 is 15.1 Å². The van der Waals surface area contributed by atoms with E-state index in [4.69, 9.17) is 0 Å². The summed E-state index contributed by atoms with van der Waals surface area (Å²) >= 11 is 0. The second-order valence-corrected chi connectivity index (χ2v) is 6.39. The Kier molecular flexibility index (Phi) is 5.09. The van der Waals surface area contributed by atoms with E-state index < -0.39 is 5.82 Å². The van der Waals surface area contributed by atoms with Crippen molar-refractivity contribution in [1.29, 1.82) is 0 Å². The lowest BCUT2D eigenvalue weighted by atomic mass is 10.1. The number of carbonyl (C=O) groups excluding carboxylic acids is 1. The van der Waals surface area contributed by atoms with Crippen molar-refractivity contribution >= 4 is 23.4 Å². The molecule has 0 spiro atoms. The van der Waals surface area contributed by atoms with Gasteiger partial charge in [0.1, 0.15) is 29.6 Å². The summed E-state index contributed by atoms with van der Waals surface area (Å²) in [4.78, 5) is 29.2. The fourth-order valence-electron chi connectivity index (χ4n) is 3.10. The molecule has 7 nitrogen and oxygen atoms in total. The minimum absolute atomic E-state index is 0.153. The Labute approximate surface area is 161 Å². The molecule has 1 aliphatic rings. The van der Waals surface area contributed by atoms with Gasteiger partial charge in [-0.05, 0) is 30.3 Å². The Morgan fingerprint density at radius 3 is 2.54 bits per heavy atom. The molecule has 1 saturated heterocycles. The molecule has 4 rings (SSSR count). The first kappa shape index (κ1) is 17.8. The van der Waals surface area contributed by atoms with Gasteiger partial charge in [-0.25, -0.2) is 19.3 Å². The van der Waals surface area contributed by atoms with E-state index in [2.05, 4.69) is 25.2 Å². The van der Waals surface area contributed by atoms with Crippen molar-refractivity contribution in [1.82, 2.24) is 19.9 Å². The van der Waals surface area contributed by atoms with Gasteiger partial charge in [0.05, 0.1) is 0 Å².